The molecule has 1 rings (SSSR count). The number of hydrogen-bond acceptors (Lipinski definition) is 4. The number of nitrogens with zero attached hydrogens (tertiary/aromatic N) is 2. The summed E-state index contributed by atoms with van der Waals surface area (Å²) >= 11 is 0. The lowest BCUT2D eigenvalue weighted by Gasteiger charge is -2.33. The van der Waals surface area contributed by atoms with Crippen molar-refractivity contribution < 1.29 is 16.8 Å². The van der Waals surface area contributed by atoms with E-state index in [4.69, 9.17) is 5.14 Å². The first-order valence-corrected chi connectivity index (χ1v) is 8.79. The second kappa shape index (κ2) is 5.04. The second-order valence-corrected chi connectivity index (χ2v) is 9.18. The molecule has 0 aromatic carbocycles. The Bertz CT molecular complexity index is 484. The minimum Gasteiger partial charge on any atom is -0.216 e. The van der Waals surface area contributed by atoms with Gasteiger partial charge in [0.2, 0.25) is 10.0 Å². The van der Waals surface area contributed by atoms with Gasteiger partial charge < -0.3 is 0 Å². The molecule has 0 aliphatic carbocycles. The first-order chi connectivity index (χ1) is 7.92. The van der Waals surface area contributed by atoms with Gasteiger partial charge in [0.05, 0.1) is 5.75 Å². The van der Waals surface area contributed by atoms with Crippen LogP contribution in [0.15, 0.2) is 0 Å². The van der Waals surface area contributed by atoms with Crippen LogP contribution in [-0.2, 0) is 20.2 Å². The van der Waals surface area contributed by atoms with Crippen LogP contribution in [0, 0.1) is 5.41 Å². The van der Waals surface area contributed by atoms with Gasteiger partial charge in [0.15, 0.2) is 0 Å². The topological polar surface area (TPSA) is 101 Å². The summed E-state index contributed by atoms with van der Waals surface area (Å²) in [6.07, 6.45) is 0. The summed E-state index contributed by atoms with van der Waals surface area (Å²) < 4.78 is 48.8. The van der Waals surface area contributed by atoms with Gasteiger partial charge in [0, 0.05) is 26.2 Å². The highest BCUT2D eigenvalue weighted by Crippen LogP contribution is 2.20. The average molecular weight is 299 g/mol. The van der Waals surface area contributed by atoms with E-state index in [9.17, 15) is 16.8 Å². The van der Waals surface area contributed by atoms with Crippen molar-refractivity contribution in [3.63, 3.8) is 0 Å². The summed E-state index contributed by atoms with van der Waals surface area (Å²) in [5, 5.41) is 5.00. The Hall–Kier alpha value is -0.220. The maximum Gasteiger partial charge on any atom is 0.276 e. The Labute approximate surface area is 109 Å². The lowest BCUT2D eigenvalue weighted by atomic mass is 10.0. The predicted molar refractivity (Wildman–Crippen MR) is 69.5 cm³/mol. The van der Waals surface area contributed by atoms with Gasteiger partial charge in [-0.05, 0) is 5.41 Å². The van der Waals surface area contributed by atoms with Crippen molar-refractivity contribution in [2.75, 3.05) is 31.9 Å². The Balaban J connectivity index is 2.69. The molecule has 1 heterocycles. The first kappa shape index (κ1) is 15.8. The molecule has 9 heteroatoms. The standard InChI is InChI=1S/C9H21N3O4S2/c1-9(2,3)8-17(13,14)11-4-6-12(7-5-11)18(10,15)16/h4-8H2,1-3H3,(H2,10,15,16). The summed E-state index contributed by atoms with van der Waals surface area (Å²) in [4.78, 5) is 0. The van der Waals surface area contributed by atoms with Crippen molar-refractivity contribution in [2.24, 2.45) is 10.6 Å². The molecule has 0 aromatic rings. The van der Waals surface area contributed by atoms with Crippen LogP contribution in [0.25, 0.3) is 0 Å². The number of rotatable bonds is 3. The minimum atomic E-state index is -3.72. The fourth-order valence-electron chi connectivity index (χ4n) is 1.84. The molecule has 1 aliphatic rings. The van der Waals surface area contributed by atoms with Gasteiger partial charge in [-0.1, -0.05) is 20.8 Å². The van der Waals surface area contributed by atoms with Crippen molar-refractivity contribution in [1.82, 2.24) is 8.61 Å². The third-order valence-corrected chi connectivity index (χ3v) is 6.03. The molecule has 18 heavy (non-hydrogen) atoms. The number of hydrogen-bond donors (Lipinski definition) is 1. The van der Waals surface area contributed by atoms with Crippen molar-refractivity contribution in [1.29, 1.82) is 0 Å². The summed E-state index contributed by atoms with van der Waals surface area (Å²) in [6.45, 7) is 6.11. The van der Waals surface area contributed by atoms with Crippen LogP contribution in [0.5, 0.6) is 0 Å². The van der Waals surface area contributed by atoms with Crippen LogP contribution in [0.3, 0.4) is 0 Å². The van der Waals surface area contributed by atoms with Crippen molar-refractivity contribution >= 4 is 20.2 Å². The molecule has 2 N–H and O–H groups in total. The molecule has 0 amide bonds. The number of nitrogens with two attached hydrogens (primary N) is 1. The Morgan fingerprint density at radius 3 is 1.67 bits per heavy atom. The Morgan fingerprint density at radius 1 is 0.944 bits per heavy atom. The molecule has 0 radical (unpaired) electrons. The van der Waals surface area contributed by atoms with E-state index in [1.54, 1.807) is 0 Å². The first-order valence-electron chi connectivity index (χ1n) is 5.67. The molecular weight excluding hydrogens is 278 g/mol. The van der Waals surface area contributed by atoms with Crippen LogP contribution in [0.2, 0.25) is 0 Å². The van der Waals surface area contributed by atoms with E-state index in [0.29, 0.717) is 0 Å². The lowest BCUT2D eigenvalue weighted by Crippen LogP contribution is -2.53. The zero-order valence-corrected chi connectivity index (χ0v) is 12.6. The Kier molecular flexibility index (Phi) is 4.44. The fourth-order valence-corrected chi connectivity index (χ4v) is 4.51. The van der Waals surface area contributed by atoms with Gasteiger partial charge in [-0.2, -0.15) is 17.0 Å². The second-order valence-electron chi connectivity index (χ2n) is 5.66. The molecule has 1 saturated heterocycles. The summed E-state index contributed by atoms with van der Waals surface area (Å²) in [5.41, 5.74) is -0.324. The van der Waals surface area contributed by atoms with E-state index in [0.717, 1.165) is 4.31 Å². The van der Waals surface area contributed by atoms with E-state index < -0.39 is 20.2 Å². The van der Waals surface area contributed by atoms with E-state index in [2.05, 4.69) is 0 Å². The zero-order chi connectivity index (χ0) is 14.2. The number of sulfonamides is 1. The van der Waals surface area contributed by atoms with E-state index in [1.165, 1.54) is 4.31 Å². The van der Waals surface area contributed by atoms with Gasteiger partial charge in [-0.3, -0.25) is 0 Å². The minimum absolute atomic E-state index is 0.0510. The maximum atomic E-state index is 12.1. The van der Waals surface area contributed by atoms with Gasteiger partial charge in [0.25, 0.3) is 10.2 Å². The highest BCUT2D eigenvalue weighted by Gasteiger charge is 2.32. The quantitative estimate of drug-likeness (QED) is 0.736. The molecule has 0 bridgehead atoms. The average Bonchev–Trinajstić information content (AvgIpc) is 2.13. The molecule has 0 aromatic heterocycles. The molecule has 1 fully saturated rings. The van der Waals surface area contributed by atoms with Crippen molar-refractivity contribution in [3.8, 4) is 0 Å². The van der Waals surface area contributed by atoms with Crippen LogP contribution in [0.1, 0.15) is 20.8 Å². The summed E-state index contributed by atoms with van der Waals surface area (Å²) in [5.74, 6) is 0.0510. The molecule has 0 saturated carbocycles. The normalized spacial score (nSPS) is 21.1. The fraction of sp³-hybridized carbons (Fsp3) is 1.00. The van der Waals surface area contributed by atoms with Gasteiger partial charge >= 0.3 is 0 Å². The number of piperazine rings is 1. The van der Waals surface area contributed by atoms with Gasteiger partial charge in [-0.15, -0.1) is 0 Å². The van der Waals surface area contributed by atoms with E-state index >= 15 is 0 Å². The lowest BCUT2D eigenvalue weighted by molar-refractivity contribution is 0.270. The van der Waals surface area contributed by atoms with Gasteiger partial charge in [-0.25, -0.2) is 13.6 Å². The highest BCUT2D eigenvalue weighted by atomic mass is 32.2. The summed E-state index contributed by atoms with van der Waals surface area (Å²) in [6, 6.07) is 0. The SMILES string of the molecule is CC(C)(C)CS(=O)(=O)N1CCN(S(N)(=O)=O)CC1. The zero-order valence-electron chi connectivity index (χ0n) is 11.0. The molecule has 108 valence electrons. The van der Waals surface area contributed by atoms with Crippen molar-refractivity contribution in [2.45, 2.75) is 20.8 Å². The molecule has 0 atom stereocenters. The summed E-state index contributed by atoms with van der Waals surface area (Å²) in [7, 11) is -7.06. The maximum absolute atomic E-state index is 12.1. The van der Waals surface area contributed by atoms with Crippen molar-refractivity contribution in [3.05, 3.63) is 0 Å². The van der Waals surface area contributed by atoms with Crippen LogP contribution in [0.4, 0.5) is 0 Å². The smallest absolute Gasteiger partial charge is 0.216 e. The van der Waals surface area contributed by atoms with E-state index in [-0.39, 0.29) is 37.3 Å². The Morgan fingerprint density at radius 2 is 1.33 bits per heavy atom. The predicted octanol–water partition coefficient (Wildman–Crippen LogP) is -0.817. The molecule has 0 unspecified atom stereocenters. The van der Waals surface area contributed by atoms with Gasteiger partial charge in [0.1, 0.15) is 0 Å². The van der Waals surface area contributed by atoms with Crippen LogP contribution >= 0.6 is 0 Å². The largest absolute Gasteiger partial charge is 0.276 e. The van der Waals surface area contributed by atoms with Crippen LogP contribution in [-0.4, -0.2) is 57.4 Å². The molecule has 0 spiro atoms. The van der Waals surface area contributed by atoms with E-state index in [1.807, 2.05) is 20.8 Å². The molecular formula is C9H21N3O4S2. The van der Waals surface area contributed by atoms with Crippen LogP contribution < -0.4 is 5.14 Å². The third-order valence-electron chi connectivity index (χ3n) is 2.57. The third kappa shape index (κ3) is 4.47. The molecule has 7 nitrogen and oxygen atoms in total. The monoisotopic (exact) mass is 299 g/mol. The molecule has 1 aliphatic heterocycles. The highest BCUT2D eigenvalue weighted by molar-refractivity contribution is 7.89.